The van der Waals surface area contributed by atoms with Crippen molar-refractivity contribution >= 4 is 186 Å². The molecule has 0 saturated carbocycles. The molecule has 0 aromatic rings. The number of rotatable bonds is 0. The third kappa shape index (κ3) is 36.1. The molecule has 7 nitrogen and oxygen atoms in total. The van der Waals surface area contributed by atoms with E-state index < -0.39 is 18.5 Å². The summed E-state index contributed by atoms with van der Waals surface area (Å²) in [5.74, 6) is 0. The van der Waals surface area contributed by atoms with Crippen LogP contribution in [-0.2, 0) is 9.47 Å². The van der Waals surface area contributed by atoms with E-state index in [2.05, 4.69) is 9.47 Å². The summed E-state index contributed by atoms with van der Waals surface area (Å²) in [7, 11) is 0. The molecule has 0 aliphatic rings. The minimum atomic E-state index is -1.92. The van der Waals surface area contributed by atoms with Gasteiger partial charge in [0, 0.05) is 0 Å². The van der Waals surface area contributed by atoms with Crippen molar-refractivity contribution in [2.24, 2.45) is 0 Å². The Labute approximate surface area is 215 Å². The van der Waals surface area contributed by atoms with Gasteiger partial charge in [0.15, 0.2) is 0 Å². The van der Waals surface area contributed by atoms with Crippen LogP contribution < -0.4 is 0 Å². The average molecular weight is 340 g/mol. The molecule has 0 unspecified atom stereocenters. The van der Waals surface area contributed by atoms with Gasteiger partial charge in [-0.25, -0.2) is 14.4 Å². The summed E-state index contributed by atoms with van der Waals surface area (Å²) in [4.78, 5) is 28.8. The van der Waals surface area contributed by atoms with Gasteiger partial charge in [-0.15, -0.1) is 0 Å². The number of ether oxygens (including phenoxy) is 2. The maximum atomic E-state index is 9.86. The summed E-state index contributed by atoms with van der Waals surface area (Å²) in [6.07, 6.45) is -5.64. The maximum absolute atomic E-state index is 9.86. The van der Waals surface area contributed by atoms with Crippen molar-refractivity contribution in [1.82, 2.24) is 0 Å². The van der Waals surface area contributed by atoms with Gasteiger partial charge >= 0.3 is 186 Å². The predicted molar refractivity (Wildman–Crippen MR) is 74.9 cm³/mol. The fourth-order valence-corrected chi connectivity index (χ4v) is 0.163. The van der Waals surface area contributed by atoms with E-state index in [1.165, 1.54) is 0 Å². The van der Waals surface area contributed by atoms with Crippen LogP contribution in [0.3, 0.4) is 0 Å². The van der Waals surface area contributed by atoms with Gasteiger partial charge in [0.25, 0.3) is 0 Å². The van der Waals surface area contributed by atoms with E-state index >= 15 is 0 Å². The molecule has 0 aromatic heterocycles. The summed E-state index contributed by atoms with van der Waals surface area (Å²) >= 11 is 0. The fourth-order valence-electron chi connectivity index (χ4n) is 0.163. The van der Waals surface area contributed by atoms with Crippen molar-refractivity contribution in [3.8, 4) is 0 Å². The smallest absolute Gasteiger partial charge is 0.316 e. The average Bonchev–Trinajstić information content (AvgIpc) is 1.58. The number of hydrogen-bond acceptors (Lipinski definition) is 5. The van der Waals surface area contributed by atoms with Gasteiger partial charge in [0.05, 0.1) is 0 Å². The number of hydrogen-bond donors (Lipinski definition) is 2. The number of carbonyl (C=O) groups is 3. The van der Waals surface area contributed by atoms with Crippen LogP contribution in [0.25, 0.3) is 0 Å². The summed E-state index contributed by atoms with van der Waals surface area (Å²) in [6, 6.07) is 0. The first-order chi connectivity index (χ1) is 4.52. The first-order valence-corrected chi connectivity index (χ1v) is 1.88. The molecule has 0 aliphatic carbocycles. The van der Waals surface area contributed by atoms with E-state index in [1.807, 2.05) is 0 Å². The molecule has 0 aliphatic heterocycles. The molecule has 16 heavy (non-hydrogen) atoms. The van der Waals surface area contributed by atoms with Crippen molar-refractivity contribution < 1.29 is 34.1 Å². The van der Waals surface area contributed by atoms with Gasteiger partial charge in [0.1, 0.15) is 0 Å². The third-order valence-corrected chi connectivity index (χ3v) is 0.341. The molecule has 13 heteroatoms. The second-order valence-corrected chi connectivity index (χ2v) is 0.986. The Morgan fingerprint density at radius 2 is 0.875 bits per heavy atom. The molecule has 0 saturated heterocycles. The van der Waals surface area contributed by atoms with Gasteiger partial charge in [0.2, 0.25) is 0 Å². The quantitative estimate of drug-likeness (QED) is 0.258. The molecule has 0 spiro atoms. The van der Waals surface area contributed by atoms with Crippen molar-refractivity contribution in [2.45, 2.75) is 0 Å². The van der Waals surface area contributed by atoms with E-state index in [0.29, 0.717) is 0 Å². The molecule has 0 rings (SSSR count). The largest absolute Gasteiger partial charge is 0.316 e. The SMILES string of the molecule is O=C(O)OC(=O)OC(=O)O.[CaH2].[CaH2].[MgH2].[MgH2].[MgH2].[MgH2]. The van der Waals surface area contributed by atoms with Gasteiger partial charge in [-0.3, -0.25) is 0 Å². The Hall–Kier alpha value is 3.79. The van der Waals surface area contributed by atoms with E-state index in [4.69, 9.17) is 10.2 Å². The van der Waals surface area contributed by atoms with Crippen LogP contribution in [0.1, 0.15) is 0 Å². The zero-order valence-electron chi connectivity index (χ0n) is 4.44. The van der Waals surface area contributed by atoms with Crippen LogP contribution in [0.4, 0.5) is 14.4 Å². The Morgan fingerprint density at radius 3 is 1.00 bits per heavy atom. The van der Waals surface area contributed by atoms with E-state index in [-0.39, 0.29) is 168 Å². The van der Waals surface area contributed by atoms with Crippen molar-refractivity contribution in [1.29, 1.82) is 0 Å². The molecule has 0 amide bonds. The summed E-state index contributed by atoms with van der Waals surface area (Å²) < 4.78 is 6.47. The second kappa shape index (κ2) is 27.2. The van der Waals surface area contributed by atoms with Gasteiger partial charge in [-0.2, -0.15) is 0 Å². The van der Waals surface area contributed by atoms with Crippen molar-refractivity contribution in [2.75, 3.05) is 0 Å². The molecule has 0 bridgehead atoms. The number of carboxylic acid groups (broad SMARTS) is 2. The monoisotopic (exact) mass is 338 g/mol. The van der Waals surface area contributed by atoms with Crippen LogP contribution in [0.2, 0.25) is 0 Å². The van der Waals surface area contributed by atoms with Crippen LogP contribution in [0.5, 0.6) is 0 Å². The minimum absolute atomic E-state index is 0. The standard InChI is InChI=1S/C3H2O7.2Ca.4Mg.12H/c4-1(5)9-3(8)10-2(6)7;;;;;;;;;;;;;;;;;;/h(H,4,5)(H,6,7);;;;;;;;;;;;;;;;;;. The van der Waals surface area contributed by atoms with E-state index in [0.717, 1.165) is 0 Å². The fraction of sp³-hybridized carbons (Fsp3) is 0. The molecule has 0 aromatic carbocycles. The van der Waals surface area contributed by atoms with Crippen LogP contribution in [0, 0.1) is 0 Å². The summed E-state index contributed by atoms with van der Waals surface area (Å²) in [5.41, 5.74) is 0. The van der Waals surface area contributed by atoms with Crippen LogP contribution >= 0.6 is 0 Å². The van der Waals surface area contributed by atoms with Crippen LogP contribution in [-0.4, -0.2) is 196 Å². The Balaban J connectivity index is -0.0000000270. The maximum Gasteiger partial charge on any atom is 0.316 e. The normalized spacial score (nSPS) is 5.00. The first kappa shape index (κ1) is 42.7. The molecule has 2 N–H and O–H groups in total. The predicted octanol–water partition coefficient (Wildman–Crippen LogP) is -5.00. The Kier molecular flexibility index (Phi) is 72.6. The molecule has 0 fully saturated rings. The Bertz CT molecular complexity index is 172. The minimum Gasteiger partial charge on any atom is 0.316 e. The van der Waals surface area contributed by atoms with E-state index in [9.17, 15) is 14.4 Å². The Morgan fingerprint density at radius 1 is 0.688 bits per heavy atom. The molecule has 80 valence electrons. The van der Waals surface area contributed by atoms with E-state index in [1.54, 1.807) is 0 Å². The third-order valence-electron chi connectivity index (χ3n) is 0.341. The first-order valence-electron chi connectivity index (χ1n) is 1.88. The molecular weight excluding hydrogens is 325 g/mol. The zero-order valence-corrected chi connectivity index (χ0v) is 4.44. The molecule has 0 heterocycles. The summed E-state index contributed by atoms with van der Waals surface area (Å²) in [5, 5.41) is 15.4. The van der Waals surface area contributed by atoms with Gasteiger partial charge < -0.3 is 19.7 Å². The van der Waals surface area contributed by atoms with Crippen molar-refractivity contribution in [3.05, 3.63) is 0 Å². The molecular formula is C3H14Ca2Mg4O7. The second-order valence-electron chi connectivity index (χ2n) is 0.986. The van der Waals surface area contributed by atoms with Crippen molar-refractivity contribution in [3.63, 3.8) is 0 Å². The van der Waals surface area contributed by atoms with Crippen LogP contribution in [0.15, 0.2) is 0 Å². The van der Waals surface area contributed by atoms with Gasteiger partial charge in [-0.1, -0.05) is 0 Å². The summed E-state index contributed by atoms with van der Waals surface area (Å²) in [6.45, 7) is 0. The topological polar surface area (TPSA) is 110 Å². The van der Waals surface area contributed by atoms with Gasteiger partial charge in [-0.05, 0) is 0 Å². The molecule has 0 atom stereocenters. The molecule has 0 radical (unpaired) electrons. The zero-order chi connectivity index (χ0) is 8.15. The number of carbonyl (C=O) groups excluding carboxylic acids is 1.